The molecule has 0 spiro atoms. The van der Waals surface area contributed by atoms with E-state index in [9.17, 15) is 9.59 Å². The molecule has 1 saturated heterocycles. The van der Waals surface area contributed by atoms with Crippen LogP contribution in [0.15, 0.2) is 54.6 Å². The Morgan fingerprint density at radius 1 is 1.08 bits per heavy atom. The van der Waals surface area contributed by atoms with Crippen LogP contribution in [0.3, 0.4) is 0 Å². The number of amides is 3. The van der Waals surface area contributed by atoms with E-state index in [1.54, 1.807) is 0 Å². The maximum atomic E-state index is 12.6. The molecule has 2 aromatic carbocycles. The fourth-order valence-corrected chi connectivity index (χ4v) is 3.15. The molecule has 1 heterocycles. The quantitative estimate of drug-likeness (QED) is 0.869. The summed E-state index contributed by atoms with van der Waals surface area (Å²) in [5.74, 6) is -0.150. The van der Waals surface area contributed by atoms with E-state index in [0.717, 1.165) is 11.1 Å². The van der Waals surface area contributed by atoms with Gasteiger partial charge in [-0.3, -0.25) is 9.69 Å². The van der Waals surface area contributed by atoms with Crippen molar-refractivity contribution in [3.63, 3.8) is 0 Å². The highest BCUT2D eigenvalue weighted by molar-refractivity contribution is 5.97. The number of urea groups is 1. The number of benzene rings is 2. The van der Waals surface area contributed by atoms with Gasteiger partial charge >= 0.3 is 6.03 Å². The van der Waals surface area contributed by atoms with Gasteiger partial charge in [0.05, 0.1) is 0 Å². The molecule has 5 nitrogen and oxygen atoms in total. The van der Waals surface area contributed by atoms with Crippen molar-refractivity contribution >= 4 is 11.9 Å². The maximum Gasteiger partial charge on any atom is 0.324 e. The van der Waals surface area contributed by atoms with Crippen molar-refractivity contribution in [1.82, 2.24) is 10.2 Å². The molecule has 0 aliphatic carbocycles. The number of carbonyl (C=O) groups is 2. The molecule has 2 atom stereocenters. The van der Waals surface area contributed by atoms with E-state index in [1.807, 2.05) is 30.4 Å². The van der Waals surface area contributed by atoms with E-state index in [-0.39, 0.29) is 24.0 Å². The number of carbonyl (C=O) groups excluding carboxylic acids is 2. The first-order valence-corrected chi connectivity index (χ1v) is 8.62. The molecule has 1 aliphatic rings. The van der Waals surface area contributed by atoms with Crippen LogP contribution in [0, 0.1) is 6.92 Å². The summed E-state index contributed by atoms with van der Waals surface area (Å²) in [5.41, 5.74) is 3.48. The van der Waals surface area contributed by atoms with Gasteiger partial charge in [-0.05, 0) is 13.8 Å². The molecule has 3 rings (SSSR count). The zero-order chi connectivity index (χ0) is 17.8. The van der Waals surface area contributed by atoms with Crippen molar-refractivity contribution in [2.75, 3.05) is 13.1 Å². The van der Waals surface area contributed by atoms with Gasteiger partial charge in [0.1, 0.15) is 6.04 Å². The molecule has 0 aromatic heterocycles. The molecule has 1 fully saturated rings. The number of nitrogens with zero attached hydrogens (tertiary/aromatic N) is 1. The Kier molecular flexibility index (Phi) is 5.14. The van der Waals surface area contributed by atoms with Gasteiger partial charge in [0.2, 0.25) is 0 Å². The summed E-state index contributed by atoms with van der Waals surface area (Å²) < 4.78 is 0. The van der Waals surface area contributed by atoms with Crippen LogP contribution in [-0.2, 0) is 4.79 Å². The van der Waals surface area contributed by atoms with Crippen molar-refractivity contribution in [2.45, 2.75) is 25.9 Å². The van der Waals surface area contributed by atoms with Crippen molar-refractivity contribution in [3.05, 3.63) is 71.3 Å². The van der Waals surface area contributed by atoms with Crippen LogP contribution in [-0.4, -0.2) is 36.0 Å². The Hall–Kier alpha value is -2.66. The van der Waals surface area contributed by atoms with Crippen LogP contribution in [0.5, 0.6) is 0 Å². The number of rotatable bonds is 5. The van der Waals surface area contributed by atoms with E-state index < -0.39 is 0 Å². The number of hydrogen-bond donors (Lipinski definition) is 2. The first-order chi connectivity index (χ1) is 12.1. The first-order valence-electron chi connectivity index (χ1n) is 8.62. The van der Waals surface area contributed by atoms with E-state index >= 15 is 0 Å². The summed E-state index contributed by atoms with van der Waals surface area (Å²) >= 11 is 0. The highest BCUT2D eigenvalue weighted by Crippen LogP contribution is 2.19. The van der Waals surface area contributed by atoms with Gasteiger partial charge < -0.3 is 10.6 Å². The number of imide groups is 1. The summed E-state index contributed by atoms with van der Waals surface area (Å²) in [6, 6.07) is 17.9. The first kappa shape index (κ1) is 17.2. The number of nitrogens with one attached hydrogen (secondary N) is 1. The lowest BCUT2D eigenvalue weighted by molar-refractivity contribution is -0.705. The Labute approximate surface area is 148 Å². The van der Waals surface area contributed by atoms with Gasteiger partial charge in [0.15, 0.2) is 6.04 Å². The second-order valence-electron chi connectivity index (χ2n) is 6.50. The van der Waals surface area contributed by atoms with Gasteiger partial charge in [-0.25, -0.2) is 4.79 Å². The molecular formula is C20H24N3O2+. The molecule has 0 bridgehead atoms. The van der Waals surface area contributed by atoms with Crippen LogP contribution in [0.25, 0.3) is 0 Å². The predicted molar refractivity (Wildman–Crippen MR) is 96.0 cm³/mol. The summed E-state index contributed by atoms with van der Waals surface area (Å²) in [5, 5.41) is 4.72. The van der Waals surface area contributed by atoms with Crippen LogP contribution in [0.2, 0.25) is 0 Å². The molecule has 3 N–H and O–H groups in total. The maximum absolute atomic E-state index is 12.6. The second kappa shape index (κ2) is 7.49. The molecular weight excluding hydrogens is 314 g/mol. The molecule has 0 unspecified atom stereocenters. The van der Waals surface area contributed by atoms with Gasteiger partial charge in [0, 0.05) is 24.2 Å². The molecule has 0 saturated carbocycles. The van der Waals surface area contributed by atoms with Gasteiger partial charge in [0.25, 0.3) is 5.91 Å². The topological polar surface area (TPSA) is 66.0 Å². The van der Waals surface area contributed by atoms with E-state index in [0.29, 0.717) is 13.1 Å². The third kappa shape index (κ3) is 3.88. The number of quaternary nitrogens is 1. The van der Waals surface area contributed by atoms with Crippen molar-refractivity contribution in [2.24, 2.45) is 0 Å². The minimum Gasteiger partial charge on any atom is -0.336 e. The predicted octanol–water partition coefficient (Wildman–Crippen LogP) is 1.59. The standard InChI is InChI=1S/C20H23N3O2/c1-14-8-10-17(11-9-14)18(16-6-4-3-5-7-16)22-15(2)19(24)23-13-12-21-20(23)25/h3-11,15,18,22H,12-13H2,1-2H3,(H,21,25)/p+1/t15-,18-/m0/s1. The highest BCUT2D eigenvalue weighted by atomic mass is 16.2. The Morgan fingerprint density at radius 2 is 1.72 bits per heavy atom. The third-order valence-electron chi connectivity index (χ3n) is 4.59. The molecule has 2 aromatic rings. The van der Waals surface area contributed by atoms with Gasteiger partial charge in [-0.1, -0.05) is 60.2 Å². The lowest BCUT2D eigenvalue weighted by Gasteiger charge is -2.23. The van der Waals surface area contributed by atoms with Crippen molar-refractivity contribution in [3.8, 4) is 0 Å². The Bertz CT molecular complexity index is 743. The lowest BCUT2D eigenvalue weighted by Crippen LogP contribution is -2.92. The minimum atomic E-state index is -0.352. The van der Waals surface area contributed by atoms with Crippen molar-refractivity contribution in [1.29, 1.82) is 0 Å². The summed E-state index contributed by atoms with van der Waals surface area (Å²) in [7, 11) is 0. The van der Waals surface area contributed by atoms with E-state index in [2.05, 4.69) is 48.6 Å². The molecule has 25 heavy (non-hydrogen) atoms. The largest absolute Gasteiger partial charge is 0.336 e. The van der Waals surface area contributed by atoms with Crippen LogP contribution < -0.4 is 10.6 Å². The van der Waals surface area contributed by atoms with E-state index in [4.69, 9.17) is 0 Å². The lowest BCUT2D eigenvalue weighted by atomic mass is 9.97. The molecule has 5 heteroatoms. The fraction of sp³-hybridized carbons (Fsp3) is 0.300. The summed E-state index contributed by atoms with van der Waals surface area (Å²) in [6.07, 6.45) is 0. The van der Waals surface area contributed by atoms with Gasteiger partial charge in [-0.2, -0.15) is 0 Å². The van der Waals surface area contributed by atoms with Crippen molar-refractivity contribution < 1.29 is 14.9 Å². The molecule has 130 valence electrons. The highest BCUT2D eigenvalue weighted by Gasteiger charge is 2.33. The SMILES string of the molecule is Cc1ccc([C@@H]([NH2+][C@@H](C)C(=O)N2CCNC2=O)c2ccccc2)cc1. The monoisotopic (exact) mass is 338 g/mol. The van der Waals surface area contributed by atoms with Gasteiger partial charge in [-0.15, -0.1) is 0 Å². The van der Waals surface area contributed by atoms with Crippen LogP contribution >= 0.6 is 0 Å². The third-order valence-corrected chi connectivity index (χ3v) is 4.59. The number of aryl methyl sites for hydroxylation is 1. The van der Waals surface area contributed by atoms with Crippen LogP contribution in [0.4, 0.5) is 4.79 Å². The number of hydrogen-bond acceptors (Lipinski definition) is 2. The second-order valence-corrected chi connectivity index (χ2v) is 6.50. The molecule has 0 radical (unpaired) electrons. The Morgan fingerprint density at radius 3 is 2.32 bits per heavy atom. The Balaban J connectivity index is 1.83. The average molecular weight is 338 g/mol. The average Bonchev–Trinajstić information content (AvgIpc) is 3.06. The number of nitrogens with two attached hydrogens (primary N) is 1. The van der Waals surface area contributed by atoms with E-state index in [1.165, 1.54) is 10.5 Å². The van der Waals surface area contributed by atoms with Crippen LogP contribution in [0.1, 0.15) is 29.7 Å². The normalized spacial score (nSPS) is 16.4. The minimum absolute atomic E-state index is 0.00594. The molecule has 1 aliphatic heterocycles. The zero-order valence-electron chi connectivity index (χ0n) is 14.6. The smallest absolute Gasteiger partial charge is 0.324 e. The summed E-state index contributed by atoms with van der Waals surface area (Å²) in [4.78, 5) is 25.7. The molecule has 3 amide bonds. The summed E-state index contributed by atoms with van der Waals surface area (Å²) in [6.45, 7) is 4.88. The zero-order valence-corrected chi connectivity index (χ0v) is 14.6. The fourth-order valence-electron chi connectivity index (χ4n) is 3.15.